The first-order valence-corrected chi connectivity index (χ1v) is 11.9. The van der Waals surface area contributed by atoms with Crippen LogP contribution in [0, 0.1) is 18.6 Å². The number of benzene rings is 1. The second-order valence-corrected chi connectivity index (χ2v) is 9.37. The molecule has 2 aliphatic rings. The van der Waals surface area contributed by atoms with Gasteiger partial charge in [0.05, 0.1) is 35.6 Å². The molecule has 0 spiro atoms. The molecule has 4 rings (SSSR count). The van der Waals surface area contributed by atoms with E-state index in [1.165, 1.54) is 12.3 Å². The zero-order valence-electron chi connectivity index (χ0n) is 19.6. The quantitative estimate of drug-likeness (QED) is 0.575. The van der Waals surface area contributed by atoms with Gasteiger partial charge in [0.25, 0.3) is 5.91 Å². The SMILES string of the molecule is C=C(/C=C\n1ncc(C(=O)NC2(CO)CCCCC2)c1C)N1CCC[C@@H]1c1cc(F)ccc1F. The number of hydrogen-bond donors (Lipinski definition) is 2. The van der Waals surface area contributed by atoms with Crippen molar-refractivity contribution in [1.29, 1.82) is 0 Å². The lowest BCUT2D eigenvalue weighted by atomic mass is 9.82. The molecular weight excluding hydrogens is 438 g/mol. The van der Waals surface area contributed by atoms with E-state index >= 15 is 0 Å². The van der Waals surface area contributed by atoms with Crippen LogP contribution in [0.2, 0.25) is 0 Å². The van der Waals surface area contributed by atoms with E-state index in [1.54, 1.807) is 17.0 Å². The standard InChI is InChI=1S/C26H32F2N4O2/c1-18(31-13-6-7-24(31)21-15-20(27)8-9-23(21)28)10-14-32-19(2)22(16-29-32)25(34)30-26(17-33)11-4-3-5-12-26/h8-10,14-16,24,33H,1,3-7,11-13,17H2,2H3,(H,30,34)/b14-10-/t24-/m1/s1. The van der Waals surface area contributed by atoms with Gasteiger partial charge in [0.2, 0.25) is 0 Å². The summed E-state index contributed by atoms with van der Waals surface area (Å²) in [5.74, 6) is -1.13. The summed E-state index contributed by atoms with van der Waals surface area (Å²) in [5, 5.41) is 17.2. The Balaban J connectivity index is 1.46. The summed E-state index contributed by atoms with van der Waals surface area (Å²) in [4.78, 5) is 14.9. The number of aromatic nitrogens is 2. The molecule has 0 bridgehead atoms. The minimum absolute atomic E-state index is 0.0748. The molecule has 2 N–H and O–H groups in total. The van der Waals surface area contributed by atoms with Gasteiger partial charge in [0, 0.05) is 24.0 Å². The fourth-order valence-corrected chi connectivity index (χ4v) is 5.11. The van der Waals surface area contributed by atoms with Crippen LogP contribution in [0.5, 0.6) is 0 Å². The third-order valence-corrected chi connectivity index (χ3v) is 7.13. The van der Waals surface area contributed by atoms with Crippen molar-refractivity contribution < 1.29 is 18.7 Å². The van der Waals surface area contributed by atoms with Gasteiger partial charge in [-0.1, -0.05) is 25.8 Å². The van der Waals surface area contributed by atoms with Crippen LogP contribution in [0.25, 0.3) is 6.20 Å². The molecule has 1 aliphatic heterocycles. The third-order valence-electron chi connectivity index (χ3n) is 7.13. The van der Waals surface area contributed by atoms with E-state index in [9.17, 15) is 18.7 Å². The van der Waals surface area contributed by atoms with Crippen LogP contribution in [0.15, 0.2) is 42.7 Å². The minimum atomic E-state index is -0.565. The molecule has 1 amide bonds. The van der Waals surface area contributed by atoms with Crippen molar-refractivity contribution in [1.82, 2.24) is 20.0 Å². The Bertz CT molecular complexity index is 1090. The second kappa shape index (κ2) is 10.1. The number of halogens is 2. The molecule has 1 aliphatic carbocycles. The fraction of sp³-hybridized carbons (Fsp3) is 0.462. The lowest BCUT2D eigenvalue weighted by Crippen LogP contribution is -2.52. The van der Waals surface area contributed by atoms with Crippen molar-refractivity contribution in [2.45, 2.75) is 63.5 Å². The number of carbonyl (C=O) groups excluding carboxylic acids is 1. The highest BCUT2D eigenvalue weighted by Gasteiger charge is 2.34. The van der Waals surface area contributed by atoms with E-state index in [2.05, 4.69) is 17.0 Å². The Morgan fingerprint density at radius 3 is 2.79 bits per heavy atom. The smallest absolute Gasteiger partial charge is 0.255 e. The highest BCUT2D eigenvalue weighted by molar-refractivity contribution is 5.95. The summed E-state index contributed by atoms with van der Waals surface area (Å²) in [6.45, 7) is 6.55. The van der Waals surface area contributed by atoms with Gasteiger partial charge in [0.1, 0.15) is 11.6 Å². The lowest BCUT2D eigenvalue weighted by Gasteiger charge is -2.36. The molecule has 2 heterocycles. The van der Waals surface area contributed by atoms with Crippen molar-refractivity contribution >= 4 is 12.1 Å². The van der Waals surface area contributed by atoms with Crippen LogP contribution < -0.4 is 5.32 Å². The van der Waals surface area contributed by atoms with Crippen LogP contribution in [0.1, 0.15) is 72.6 Å². The number of amides is 1. The van der Waals surface area contributed by atoms with Gasteiger partial charge in [0.15, 0.2) is 0 Å². The van der Waals surface area contributed by atoms with Crippen molar-refractivity contribution in [2.24, 2.45) is 0 Å². The van der Waals surface area contributed by atoms with E-state index in [-0.39, 0.29) is 18.6 Å². The number of aliphatic hydroxyl groups excluding tert-OH is 1. The number of carbonyl (C=O) groups is 1. The van der Waals surface area contributed by atoms with Gasteiger partial charge < -0.3 is 15.3 Å². The van der Waals surface area contributed by atoms with Crippen LogP contribution in [0.3, 0.4) is 0 Å². The van der Waals surface area contributed by atoms with Crippen molar-refractivity contribution in [3.8, 4) is 0 Å². The zero-order chi connectivity index (χ0) is 24.3. The lowest BCUT2D eigenvalue weighted by molar-refractivity contribution is 0.0758. The first-order valence-electron chi connectivity index (χ1n) is 11.9. The predicted octanol–water partition coefficient (Wildman–Crippen LogP) is 4.72. The summed E-state index contributed by atoms with van der Waals surface area (Å²) in [5.41, 5.74) is 1.55. The number of hydrogen-bond acceptors (Lipinski definition) is 4. The summed E-state index contributed by atoms with van der Waals surface area (Å²) >= 11 is 0. The van der Waals surface area contributed by atoms with Gasteiger partial charge in [-0.25, -0.2) is 13.5 Å². The molecule has 1 saturated heterocycles. The average Bonchev–Trinajstić information content (AvgIpc) is 3.46. The van der Waals surface area contributed by atoms with E-state index in [0.29, 0.717) is 35.5 Å². The zero-order valence-corrected chi connectivity index (χ0v) is 19.6. The number of aliphatic hydroxyl groups is 1. The summed E-state index contributed by atoms with van der Waals surface area (Å²) in [6, 6.07) is 3.26. The van der Waals surface area contributed by atoms with Crippen LogP contribution in [0.4, 0.5) is 8.78 Å². The molecule has 1 atom stereocenters. The second-order valence-electron chi connectivity index (χ2n) is 9.37. The maximum atomic E-state index is 14.4. The Labute approximate surface area is 199 Å². The Morgan fingerprint density at radius 2 is 2.06 bits per heavy atom. The topological polar surface area (TPSA) is 70.4 Å². The average molecular weight is 471 g/mol. The normalized spacial score (nSPS) is 20.1. The minimum Gasteiger partial charge on any atom is -0.394 e. The molecule has 1 aromatic heterocycles. The molecule has 34 heavy (non-hydrogen) atoms. The fourth-order valence-electron chi connectivity index (χ4n) is 5.11. The van der Waals surface area contributed by atoms with E-state index in [0.717, 1.165) is 50.7 Å². The van der Waals surface area contributed by atoms with Gasteiger partial charge in [-0.15, -0.1) is 0 Å². The van der Waals surface area contributed by atoms with Crippen molar-refractivity contribution in [3.05, 3.63) is 71.2 Å². The molecular formula is C26H32F2N4O2. The third kappa shape index (κ3) is 4.92. The first kappa shape index (κ1) is 24.1. The molecule has 1 saturated carbocycles. The Hall–Kier alpha value is -3.00. The van der Waals surface area contributed by atoms with Crippen LogP contribution in [-0.4, -0.2) is 44.4 Å². The van der Waals surface area contributed by atoms with Crippen molar-refractivity contribution in [2.75, 3.05) is 13.2 Å². The molecule has 0 radical (unpaired) electrons. The molecule has 1 aromatic carbocycles. The maximum absolute atomic E-state index is 14.4. The number of likely N-dealkylation sites (tertiary alicyclic amines) is 1. The number of allylic oxidation sites excluding steroid dienone is 1. The number of rotatable bonds is 7. The number of nitrogens with zero attached hydrogens (tertiary/aromatic N) is 3. The number of nitrogens with one attached hydrogen (secondary N) is 1. The molecule has 2 fully saturated rings. The largest absolute Gasteiger partial charge is 0.394 e. The monoisotopic (exact) mass is 470 g/mol. The Kier molecular flexibility index (Phi) is 7.16. The van der Waals surface area contributed by atoms with Gasteiger partial charge in [-0.05, 0) is 56.9 Å². The highest BCUT2D eigenvalue weighted by atomic mass is 19.1. The first-order chi connectivity index (χ1) is 16.3. The van der Waals surface area contributed by atoms with Gasteiger partial charge >= 0.3 is 0 Å². The molecule has 6 nitrogen and oxygen atoms in total. The Morgan fingerprint density at radius 1 is 1.29 bits per heavy atom. The van der Waals surface area contributed by atoms with Crippen molar-refractivity contribution in [3.63, 3.8) is 0 Å². The summed E-state index contributed by atoms with van der Waals surface area (Å²) in [6.07, 6.45) is 11.2. The van der Waals surface area contributed by atoms with Gasteiger partial charge in [-0.2, -0.15) is 5.10 Å². The van der Waals surface area contributed by atoms with E-state index < -0.39 is 17.2 Å². The van der Waals surface area contributed by atoms with Crippen LogP contribution in [-0.2, 0) is 0 Å². The van der Waals surface area contributed by atoms with E-state index in [1.807, 2.05) is 11.8 Å². The molecule has 8 heteroatoms. The molecule has 2 aromatic rings. The van der Waals surface area contributed by atoms with Gasteiger partial charge in [-0.3, -0.25) is 4.79 Å². The molecule has 182 valence electrons. The highest BCUT2D eigenvalue weighted by Crippen LogP contribution is 2.36. The van der Waals surface area contributed by atoms with Crippen LogP contribution >= 0.6 is 0 Å². The predicted molar refractivity (Wildman–Crippen MR) is 127 cm³/mol. The molecule has 0 unspecified atom stereocenters. The maximum Gasteiger partial charge on any atom is 0.255 e. The summed E-state index contributed by atoms with van der Waals surface area (Å²) < 4.78 is 29.7. The summed E-state index contributed by atoms with van der Waals surface area (Å²) in [7, 11) is 0. The van der Waals surface area contributed by atoms with E-state index in [4.69, 9.17) is 0 Å².